The molecule has 17 heavy (non-hydrogen) atoms. The summed E-state index contributed by atoms with van der Waals surface area (Å²) < 4.78 is 63.8. The largest absolute Gasteiger partial charge is 0.574 e. The third-order valence-electron chi connectivity index (χ3n) is 1.54. The van der Waals surface area contributed by atoms with Crippen molar-refractivity contribution in [1.29, 1.82) is 5.26 Å². The van der Waals surface area contributed by atoms with Crippen LogP contribution >= 0.6 is 11.6 Å². The molecule has 9 heteroatoms. The zero-order valence-corrected chi connectivity index (χ0v) is 8.48. The maximum atomic E-state index is 12.4. The molecule has 0 radical (unpaired) electrons. The van der Waals surface area contributed by atoms with Crippen LogP contribution in [-0.4, -0.2) is 11.3 Å². The second-order valence-corrected chi connectivity index (χ2v) is 3.04. The number of alkyl halides is 5. The first-order chi connectivity index (χ1) is 7.74. The van der Waals surface area contributed by atoms with Gasteiger partial charge in [0, 0.05) is 0 Å². The molecular weight excluding hydrogens is 271 g/mol. The van der Waals surface area contributed by atoms with Gasteiger partial charge >= 0.3 is 6.36 Å². The Balaban J connectivity index is 3.29. The number of pyridine rings is 1. The van der Waals surface area contributed by atoms with E-state index < -0.39 is 34.9 Å². The van der Waals surface area contributed by atoms with E-state index in [2.05, 4.69) is 9.72 Å². The Bertz CT molecular complexity index is 468. The van der Waals surface area contributed by atoms with E-state index in [1.54, 1.807) is 0 Å². The third-order valence-corrected chi connectivity index (χ3v) is 1.82. The van der Waals surface area contributed by atoms with Gasteiger partial charge in [-0.05, 0) is 6.07 Å². The molecule has 3 nitrogen and oxygen atoms in total. The molecule has 0 aromatic carbocycles. The molecule has 0 bridgehead atoms. The van der Waals surface area contributed by atoms with Gasteiger partial charge in [-0.2, -0.15) is 10.2 Å². The molecule has 0 amide bonds. The van der Waals surface area contributed by atoms with Crippen LogP contribution in [0.3, 0.4) is 0 Å². The molecule has 1 aromatic rings. The maximum absolute atomic E-state index is 12.4. The number of hydrogen-bond acceptors (Lipinski definition) is 3. The predicted molar refractivity (Wildman–Crippen MR) is 45.6 cm³/mol. The second-order valence-electron chi connectivity index (χ2n) is 2.68. The lowest BCUT2D eigenvalue weighted by Gasteiger charge is -2.12. The lowest BCUT2D eigenvalue weighted by molar-refractivity contribution is -0.276. The van der Waals surface area contributed by atoms with E-state index in [-0.39, 0.29) is 0 Å². The zero-order valence-electron chi connectivity index (χ0n) is 7.73. The van der Waals surface area contributed by atoms with Gasteiger partial charge in [-0.25, -0.2) is 8.78 Å². The quantitative estimate of drug-likeness (QED) is 0.612. The van der Waals surface area contributed by atoms with Crippen LogP contribution in [-0.2, 0) is 0 Å². The van der Waals surface area contributed by atoms with Gasteiger partial charge in [-0.3, -0.25) is 0 Å². The normalized spacial score (nSPS) is 11.4. The van der Waals surface area contributed by atoms with Gasteiger partial charge in [0.1, 0.15) is 6.07 Å². The molecule has 0 aliphatic rings. The van der Waals surface area contributed by atoms with Crippen molar-refractivity contribution in [1.82, 2.24) is 4.98 Å². The topological polar surface area (TPSA) is 45.9 Å². The Hall–Kier alpha value is -1.62. The number of ether oxygens (including phenoxy) is 1. The van der Waals surface area contributed by atoms with Gasteiger partial charge in [0.15, 0.2) is 5.15 Å². The first-order valence-electron chi connectivity index (χ1n) is 3.89. The first-order valence-corrected chi connectivity index (χ1v) is 4.27. The molecule has 1 heterocycles. The summed E-state index contributed by atoms with van der Waals surface area (Å²) in [5.41, 5.74) is -1.61. The first kappa shape index (κ1) is 13.4. The lowest BCUT2D eigenvalue weighted by atomic mass is 10.2. The molecule has 0 aliphatic heterocycles. The third kappa shape index (κ3) is 3.42. The van der Waals surface area contributed by atoms with Gasteiger partial charge in [-0.15, -0.1) is 13.2 Å². The molecule has 0 unspecified atom stereocenters. The summed E-state index contributed by atoms with van der Waals surface area (Å²) in [7, 11) is 0. The van der Waals surface area contributed by atoms with Crippen LogP contribution in [0.15, 0.2) is 6.07 Å². The fraction of sp³-hybridized carbons (Fsp3) is 0.250. The molecular formula is C8H2ClF5N2O. The van der Waals surface area contributed by atoms with Crippen LogP contribution < -0.4 is 4.74 Å². The summed E-state index contributed by atoms with van der Waals surface area (Å²) in [4.78, 5) is 2.97. The van der Waals surface area contributed by atoms with Crippen LogP contribution in [0.2, 0.25) is 5.15 Å². The Morgan fingerprint density at radius 2 is 2.00 bits per heavy atom. The minimum absolute atomic E-state index is 0.462. The van der Waals surface area contributed by atoms with Gasteiger partial charge in [0.2, 0.25) is 5.88 Å². The van der Waals surface area contributed by atoms with Crippen molar-refractivity contribution < 1.29 is 26.7 Å². The number of aromatic nitrogens is 1. The number of nitrogens with zero attached hydrogens (tertiary/aromatic N) is 2. The van der Waals surface area contributed by atoms with Crippen molar-refractivity contribution >= 4 is 11.6 Å². The van der Waals surface area contributed by atoms with Crippen molar-refractivity contribution in [3.05, 3.63) is 22.3 Å². The average Bonchev–Trinajstić information content (AvgIpc) is 2.14. The van der Waals surface area contributed by atoms with Gasteiger partial charge < -0.3 is 4.74 Å². The van der Waals surface area contributed by atoms with Crippen LogP contribution in [0, 0.1) is 11.3 Å². The summed E-state index contributed by atoms with van der Waals surface area (Å²) in [5, 5.41) is 7.82. The van der Waals surface area contributed by atoms with Crippen molar-refractivity contribution in [3.63, 3.8) is 0 Å². The van der Waals surface area contributed by atoms with Gasteiger partial charge in [0.05, 0.1) is 11.1 Å². The molecule has 0 atom stereocenters. The van der Waals surface area contributed by atoms with Crippen LogP contribution in [0.4, 0.5) is 22.0 Å². The van der Waals surface area contributed by atoms with Crippen LogP contribution in [0.1, 0.15) is 17.6 Å². The summed E-state index contributed by atoms with van der Waals surface area (Å²) in [6.45, 7) is 0. The van der Waals surface area contributed by atoms with E-state index in [1.165, 1.54) is 6.07 Å². The molecule has 92 valence electrons. The molecule has 1 rings (SSSR count). The number of hydrogen-bond donors (Lipinski definition) is 0. The van der Waals surface area contributed by atoms with E-state index >= 15 is 0 Å². The smallest absolute Gasteiger partial charge is 0.387 e. The zero-order chi connectivity index (χ0) is 13.2. The van der Waals surface area contributed by atoms with Crippen LogP contribution in [0.25, 0.3) is 0 Å². The summed E-state index contributed by atoms with van der Waals surface area (Å²) in [6, 6.07) is 1.92. The van der Waals surface area contributed by atoms with Crippen molar-refractivity contribution in [2.75, 3.05) is 0 Å². The fourth-order valence-electron chi connectivity index (χ4n) is 0.917. The number of halogens is 6. The fourth-order valence-corrected chi connectivity index (χ4v) is 1.09. The highest BCUT2D eigenvalue weighted by molar-refractivity contribution is 6.30. The SMILES string of the molecule is N#Cc1cc(C(F)F)c(OC(F)(F)F)nc1Cl. The van der Waals surface area contributed by atoms with Gasteiger partial charge in [-0.1, -0.05) is 11.6 Å². The minimum atomic E-state index is -5.17. The van der Waals surface area contributed by atoms with E-state index in [0.29, 0.717) is 6.07 Å². The summed E-state index contributed by atoms with van der Waals surface area (Å²) in [5.74, 6) is -1.36. The number of nitriles is 1. The number of rotatable bonds is 2. The average molecular weight is 273 g/mol. The second kappa shape index (κ2) is 4.71. The minimum Gasteiger partial charge on any atom is -0.387 e. The van der Waals surface area contributed by atoms with Crippen molar-refractivity contribution in [2.45, 2.75) is 12.8 Å². The molecule has 0 saturated heterocycles. The van der Waals surface area contributed by atoms with Crippen molar-refractivity contribution in [2.24, 2.45) is 0 Å². The van der Waals surface area contributed by atoms with E-state index in [1.807, 2.05) is 0 Å². The Kier molecular flexibility index (Phi) is 3.72. The maximum Gasteiger partial charge on any atom is 0.574 e. The Morgan fingerprint density at radius 1 is 1.41 bits per heavy atom. The predicted octanol–water partition coefficient (Wildman–Crippen LogP) is 3.44. The van der Waals surface area contributed by atoms with E-state index in [9.17, 15) is 22.0 Å². The molecule has 0 spiro atoms. The lowest BCUT2D eigenvalue weighted by Crippen LogP contribution is -2.19. The van der Waals surface area contributed by atoms with E-state index in [4.69, 9.17) is 16.9 Å². The molecule has 0 N–H and O–H groups in total. The van der Waals surface area contributed by atoms with Crippen LogP contribution in [0.5, 0.6) is 5.88 Å². The molecule has 0 aliphatic carbocycles. The summed E-state index contributed by atoms with van der Waals surface area (Å²) >= 11 is 5.31. The Labute approximate surface area is 96.4 Å². The van der Waals surface area contributed by atoms with E-state index in [0.717, 1.165) is 0 Å². The highest BCUT2D eigenvalue weighted by Gasteiger charge is 2.34. The van der Waals surface area contributed by atoms with Crippen molar-refractivity contribution in [3.8, 4) is 11.9 Å². The highest BCUT2D eigenvalue weighted by atomic mass is 35.5. The molecule has 0 saturated carbocycles. The standard InChI is InChI=1S/C8H2ClF5N2O/c9-5-3(2-15)1-4(6(10)11)7(16-5)17-8(12,13)14/h1,6H. The molecule has 0 fully saturated rings. The summed E-state index contributed by atoms with van der Waals surface area (Å²) in [6.07, 6.45) is -8.45. The highest BCUT2D eigenvalue weighted by Crippen LogP contribution is 2.33. The Morgan fingerprint density at radius 3 is 2.41 bits per heavy atom. The molecule has 1 aromatic heterocycles. The van der Waals surface area contributed by atoms with Gasteiger partial charge in [0.25, 0.3) is 6.43 Å². The monoisotopic (exact) mass is 272 g/mol.